The number of anilines is 1. The van der Waals surface area contributed by atoms with Gasteiger partial charge < -0.3 is 10.2 Å². The molecule has 4 heteroatoms. The monoisotopic (exact) mass is 220 g/mol. The Hall–Kier alpha value is -1.16. The number of aromatic nitrogens is 2. The smallest absolute Gasteiger partial charge is 0.144 e. The maximum Gasteiger partial charge on any atom is 0.144 e. The Labute approximate surface area is 97.1 Å². The number of aryl methyl sites for hydroxylation is 2. The Morgan fingerprint density at radius 1 is 1.38 bits per heavy atom. The summed E-state index contributed by atoms with van der Waals surface area (Å²) in [4.78, 5) is 11.1. The SMILES string of the molecule is Cc1ncc(NCCN(C)C2CC2)nc1C. The fraction of sp³-hybridized carbons (Fsp3) is 0.667. The molecule has 0 saturated heterocycles. The Balaban J connectivity index is 1.78. The molecule has 0 atom stereocenters. The minimum atomic E-state index is 0.827. The number of nitrogens with one attached hydrogen (secondary N) is 1. The Bertz CT molecular complexity index is 360. The van der Waals surface area contributed by atoms with Gasteiger partial charge in [-0.3, -0.25) is 4.98 Å². The average Bonchev–Trinajstić information content (AvgIpc) is 3.07. The lowest BCUT2D eigenvalue weighted by molar-refractivity contribution is 0.337. The normalized spacial score (nSPS) is 15.5. The topological polar surface area (TPSA) is 41.1 Å². The van der Waals surface area contributed by atoms with Crippen molar-refractivity contribution >= 4 is 5.82 Å². The van der Waals surface area contributed by atoms with Crippen molar-refractivity contribution in [3.63, 3.8) is 0 Å². The van der Waals surface area contributed by atoms with Crippen molar-refractivity contribution in [3.05, 3.63) is 17.6 Å². The molecule has 4 nitrogen and oxygen atoms in total. The van der Waals surface area contributed by atoms with Crippen LogP contribution in [0.2, 0.25) is 0 Å². The van der Waals surface area contributed by atoms with Gasteiger partial charge in [0.1, 0.15) is 5.82 Å². The van der Waals surface area contributed by atoms with E-state index >= 15 is 0 Å². The first-order valence-corrected chi connectivity index (χ1v) is 5.91. The molecule has 0 radical (unpaired) electrons. The van der Waals surface area contributed by atoms with E-state index in [1.165, 1.54) is 12.8 Å². The average molecular weight is 220 g/mol. The van der Waals surface area contributed by atoms with Gasteiger partial charge in [-0.05, 0) is 33.7 Å². The molecule has 0 aliphatic heterocycles. The van der Waals surface area contributed by atoms with Crippen molar-refractivity contribution < 1.29 is 0 Å². The van der Waals surface area contributed by atoms with Gasteiger partial charge >= 0.3 is 0 Å². The fourth-order valence-electron chi connectivity index (χ4n) is 1.69. The van der Waals surface area contributed by atoms with E-state index in [0.717, 1.165) is 36.3 Å². The highest BCUT2D eigenvalue weighted by atomic mass is 15.2. The molecular weight excluding hydrogens is 200 g/mol. The van der Waals surface area contributed by atoms with Gasteiger partial charge in [-0.25, -0.2) is 4.98 Å². The Kier molecular flexibility index (Phi) is 3.39. The lowest BCUT2D eigenvalue weighted by Gasteiger charge is -2.16. The number of likely N-dealkylation sites (N-methyl/N-ethyl adjacent to an activating group) is 1. The zero-order valence-corrected chi connectivity index (χ0v) is 10.3. The number of hydrogen-bond acceptors (Lipinski definition) is 4. The molecule has 1 saturated carbocycles. The zero-order chi connectivity index (χ0) is 11.5. The molecule has 0 aromatic carbocycles. The second kappa shape index (κ2) is 4.78. The van der Waals surface area contributed by atoms with E-state index in [4.69, 9.17) is 0 Å². The first-order valence-electron chi connectivity index (χ1n) is 5.91. The molecule has 1 heterocycles. The molecule has 1 aromatic rings. The van der Waals surface area contributed by atoms with Gasteiger partial charge in [-0.15, -0.1) is 0 Å². The van der Waals surface area contributed by atoms with Crippen LogP contribution in [0, 0.1) is 13.8 Å². The minimum absolute atomic E-state index is 0.827. The maximum atomic E-state index is 4.44. The van der Waals surface area contributed by atoms with Crippen LogP contribution >= 0.6 is 0 Å². The third-order valence-corrected chi connectivity index (χ3v) is 3.13. The molecule has 1 aliphatic rings. The van der Waals surface area contributed by atoms with Crippen LogP contribution in [0.25, 0.3) is 0 Å². The lowest BCUT2D eigenvalue weighted by atomic mass is 10.3. The first kappa shape index (κ1) is 11.3. The van der Waals surface area contributed by atoms with Crippen molar-refractivity contribution in [1.82, 2.24) is 14.9 Å². The summed E-state index contributed by atoms with van der Waals surface area (Å²) >= 11 is 0. The van der Waals surface area contributed by atoms with Crippen LogP contribution in [-0.4, -0.2) is 41.0 Å². The van der Waals surface area contributed by atoms with Gasteiger partial charge in [0, 0.05) is 19.1 Å². The van der Waals surface area contributed by atoms with Crippen LogP contribution < -0.4 is 5.32 Å². The van der Waals surface area contributed by atoms with Crippen LogP contribution in [0.5, 0.6) is 0 Å². The van der Waals surface area contributed by atoms with E-state index in [2.05, 4.69) is 27.2 Å². The van der Waals surface area contributed by atoms with Gasteiger partial charge in [0.2, 0.25) is 0 Å². The highest BCUT2D eigenvalue weighted by Gasteiger charge is 2.25. The van der Waals surface area contributed by atoms with Crippen molar-refractivity contribution in [2.45, 2.75) is 32.7 Å². The van der Waals surface area contributed by atoms with Crippen molar-refractivity contribution in [2.75, 3.05) is 25.5 Å². The van der Waals surface area contributed by atoms with Crippen LogP contribution in [-0.2, 0) is 0 Å². The van der Waals surface area contributed by atoms with E-state index in [-0.39, 0.29) is 0 Å². The van der Waals surface area contributed by atoms with E-state index in [1.54, 1.807) is 6.20 Å². The molecule has 88 valence electrons. The van der Waals surface area contributed by atoms with Crippen LogP contribution in [0.3, 0.4) is 0 Å². The van der Waals surface area contributed by atoms with Gasteiger partial charge in [0.15, 0.2) is 0 Å². The molecule has 0 bridgehead atoms. The van der Waals surface area contributed by atoms with E-state index in [1.807, 2.05) is 13.8 Å². The number of hydrogen-bond donors (Lipinski definition) is 1. The predicted molar refractivity (Wildman–Crippen MR) is 65.6 cm³/mol. The molecular formula is C12H20N4. The molecule has 16 heavy (non-hydrogen) atoms. The lowest BCUT2D eigenvalue weighted by Crippen LogP contribution is -2.27. The fourth-order valence-corrected chi connectivity index (χ4v) is 1.69. The third kappa shape index (κ3) is 2.92. The molecule has 1 aliphatic carbocycles. The largest absolute Gasteiger partial charge is 0.368 e. The highest BCUT2D eigenvalue weighted by Crippen LogP contribution is 2.24. The minimum Gasteiger partial charge on any atom is -0.368 e. The Morgan fingerprint density at radius 3 is 2.75 bits per heavy atom. The molecule has 1 fully saturated rings. The van der Waals surface area contributed by atoms with Crippen molar-refractivity contribution in [2.24, 2.45) is 0 Å². The first-order chi connectivity index (χ1) is 7.66. The maximum absolute atomic E-state index is 4.44. The van der Waals surface area contributed by atoms with E-state index in [9.17, 15) is 0 Å². The summed E-state index contributed by atoms with van der Waals surface area (Å²) < 4.78 is 0. The summed E-state index contributed by atoms with van der Waals surface area (Å²) in [5.41, 5.74) is 2.00. The number of rotatable bonds is 5. The quantitative estimate of drug-likeness (QED) is 0.818. The summed E-state index contributed by atoms with van der Waals surface area (Å²) in [7, 11) is 2.19. The van der Waals surface area contributed by atoms with E-state index < -0.39 is 0 Å². The summed E-state index contributed by atoms with van der Waals surface area (Å²) in [5, 5.41) is 3.31. The van der Waals surface area contributed by atoms with Crippen LogP contribution in [0.1, 0.15) is 24.2 Å². The molecule has 0 amide bonds. The zero-order valence-electron chi connectivity index (χ0n) is 10.3. The molecule has 1 aromatic heterocycles. The van der Waals surface area contributed by atoms with Gasteiger partial charge in [-0.2, -0.15) is 0 Å². The van der Waals surface area contributed by atoms with Gasteiger partial charge in [0.25, 0.3) is 0 Å². The van der Waals surface area contributed by atoms with Gasteiger partial charge in [-0.1, -0.05) is 0 Å². The van der Waals surface area contributed by atoms with Crippen molar-refractivity contribution in [1.29, 1.82) is 0 Å². The van der Waals surface area contributed by atoms with E-state index in [0.29, 0.717) is 0 Å². The summed E-state index contributed by atoms with van der Waals surface area (Å²) in [6.45, 7) is 5.97. The molecule has 0 unspecified atom stereocenters. The molecule has 2 rings (SSSR count). The Morgan fingerprint density at radius 2 is 2.12 bits per heavy atom. The second-order valence-electron chi connectivity index (χ2n) is 4.56. The highest BCUT2D eigenvalue weighted by molar-refractivity contribution is 5.33. The van der Waals surface area contributed by atoms with Gasteiger partial charge in [0.05, 0.1) is 17.6 Å². The molecule has 1 N–H and O–H groups in total. The van der Waals surface area contributed by atoms with Crippen LogP contribution in [0.15, 0.2) is 6.20 Å². The summed E-state index contributed by atoms with van der Waals surface area (Å²) in [6, 6.07) is 0.827. The standard InChI is InChI=1S/C12H20N4/c1-9-10(2)15-12(8-14-9)13-6-7-16(3)11-4-5-11/h8,11H,4-7H2,1-3H3,(H,13,15). The van der Waals surface area contributed by atoms with Crippen LogP contribution in [0.4, 0.5) is 5.82 Å². The predicted octanol–water partition coefficient (Wildman–Crippen LogP) is 1.60. The summed E-state index contributed by atoms with van der Waals surface area (Å²) in [6.07, 6.45) is 4.53. The summed E-state index contributed by atoms with van der Waals surface area (Å²) in [5.74, 6) is 0.882. The second-order valence-corrected chi connectivity index (χ2v) is 4.56. The number of nitrogens with zero attached hydrogens (tertiary/aromatic N) is 3. The van der Waals surface area contributed by atoms with Crippen molar-refractivity contribution in [3.8, 4) is 0 Å². The third-order valence-electron chi connectivity index (χ3n) is 3.13. The molecule has 0 spiro atoms.